The highest BCUT2D eigenvalue weighted by atomic mass is 32.1. The van der Waals surface area contributed by atoms with Gasteiger partial charge in [-0.05, 0) is 41.7 Å². The second-order valence-electron chi connectivity index (χ2n) is 7.51. The van der Waals surface area contributed by atoms with E-state index in [-0.39, 0.29) is 5.41 Å². The number of hydrogen-bond donors (Lipinski definition) is 0. The molecule has 3 nitrogen and oxygen atoms in total. The van der Waals surface area contributed by atoms with Crippen LogP contribution in [0.5, 0.6) is 0 Å². The first-order valence-electron chi connectivity index (χ1n) is 9.44. The normalized spacial score (nSPS) is 23.3. The Labute approximate surface area is 166 Å². The second-order valence-corrected chi connectivity index (χ2v) is 9.40. The first kappa shape index (κ1) is 15.8. The van der Waals surface area contributed by atoms with Crippen LogP contribution in [0.3, 0.4) is 0 Å². The number of anilines is 1. The molecule has 27 heavy (non-hydrogen) atoms. The maximum absolute atomic E-state index is 4.62. The summed E-state index contributed by atoms with van der Waals surface area (Å²) in [7, 11) is 0. The number of fused-ring (bicyclic) bond motifs is 3. The van der Waals surface area contributed by atoms with E-state index in [9.17, 15) is 0 Å². The average Bonchev–Trinajstić information content (AvgIpc) is 3.43. The van der Waals surface area contributed by atoms with E-state index in [1.54, 1.807) is 0 Å². The zero-order chi connectivity index (χ0) is 17.8. The van der Waals surface area contributed by atoms with Gasteiger partial charge in [-0.15, -0.1) is 27.8 Å². The van der Waals surface area contributed by atoms with Crippen molar-refractivity contribution in [3.8, 4) is 0 Å². The summed E-state index contributed by atoms with van der Waals surface area (Å²) in [5.41, 5.74) is 0.110. The molecule has 0 radical (unpaired) electrons. The molecule has 1 aliphatic heterocycles. The van der Waals surface area contributed by atoms with E-state index in [1.807, 2.05) is 28.9 Å². The topological polar surface area (TPSA) is 29.0 Å². The highest BCUT2D eigenvalue weighted by molar-refractivity contribution is 7.11. The van der Waals surface area contributed by atoms with Gasteiger partial charge in [-0.3, -0.25) is 0 Å². The summed E-state index contributed by atoms with van der Waals surface area (Å²) in [4.78, 5) is 5.56. The summed E-state index contributed by atoms with van der Waals surface area (Å²) in [6.07, 6.45) is 4.32. The molecule has 5 heteroatoms. The Balaban J connectivity index is 1.54. The van der Waals surface area contributed by atoms with Crippen LogP contribution < -0.4 is 4.90 Å². The van der Waals surface area contributed by atoms with Crippen molar-refractivity contribution in [1.82, 2.24) is 10.2 Å². The van der Waals surface area contributed by atoms with Crippen LogP contribution in [-0.4, -0.2) is 22.8 Å². The molecule has 0 amide bonds. The summed E-state index contributed by atoms with van der Waals surface area (Å²) in [5, 5.41) is 15.8. The molecule has 2 bridgehead atoms. The molecular weight excluding hydrogens is 370 g/mol. The standard InChI is InChI=1S/C22H19N3S2/c1-2-6-17-15(5-1)14-23-24-21(17)25-10-9-16-13-18(25)22(16,19-7-3-11-26-19)20-8-4-12-27-20/h1-8,11-12,14,16,18H,9-10,13H2. The van der Waals surface area contributed by atoms with Crippen LogP contribution in [0.2, 0.25) is 0 Å². The van der Waals surface area contributed by atoms with Crippen LogP contribution in [0.1, 0.15) is 22.6 Å². The molecule has 2 unspecified atom stereocenters. The molecule has 4 aromatic rings. The monoisotopic (exact) mass is 389 g/mol. The summed E-state index contributed by atoms with van der Waals surface area (Å²) in [5.74, 6) is 1.77. The lowest BCUT2D eigenvalue weighted by Gasteiger charge is -2.63. The molecule has 2 fully saturated rings. The number of nitrogens with zero attached hydrogens (tertiary/aromatic N) is 3. The first-order chi connectivity index (χ1) is 13.4. The van der Waals surface area contributed by atoms with Gasteiger partial charge in [-0.2, -0.15) is 5.10 Å². The maximum atomic E-state index is 4.62. The van der Waals surface area contributed by atoms with Gasteiger partial charge in [0.2, 0.25) is 0 Å². The second kappa shape index (κ2) is 5.88. The van der Waals surface area contributed by atoms with E-state index >= 15 is 0 Å². The molecule has 134 valence electrons. The van der Waals surface area contributed by atoms with Gasteiger partial charge in [0.15, 0.2) is 5.82 Å². The minimum Gasteiger partial charge on any atom is -0.350 e. The largest absolute Gasteiger partial charge is 0.350 e. The molecule has 2 atom stereocenters. The van der Waals surface area contributed by atoms with Crippen molar-refractivity contribution in [1.29, 1.82) is 0 Å². The minimum atomic E-state index is 0.110. The minimum absolute atomic E-state index is 0.110. The van der Waals surface area contributed by atoms with Crippen LogP contribution in [0.15, 0.2) is 65.5 Å². The Morgan fingerprint density at radius 1 is 0.963 bits per heavy atom. The molecule has 2 aliphatic rings. The molecule has 6 rings (SSSR count). The Kier molecular flexibility index (Phi) is 3.44. The zero-order valence-corrected chi connectivity index (χ0v) is 16.4. The fourth-order valence-corrected chi connectivity index (χ4v) is 7.48. The van der Waals surface area contributed by atoms with E-state index in [1.165, 1.54) is 33.4 Å². The number of rotatable bonds is 3. The van der Waals surface area contributed by atoms with E-state index in [0.717, 1.165) is 18.3 Å². The molecule has 1 aromatic carbocycles. The highest BCUT2D eigenvalue weighted by Crippen LogP contribution is 2.62. The maximum Gasteiger partial charge on any atom is 0.159 e. The third-order valence-electron chi connectivity index (χ3n) is 6.45. The highest BCUT2D eigenvalue weighted by Gasteiger charge is 2.62. The quantitative estimate of drug-likeness (QED) is 0.474. The summed E-state index contributed by atoms with van der Waals surface area (Å²) in [6, 6.07) is 18.0. The van der Waals surface area contributed by atoms with Crippen LogP contribution in [0.25, 0.3) is 10.8 Å². The van der Waals surface area contributed by atoms with Gasteiger partial charge in [-0.1, -0.05) is 36.4 Å². The van der Waals surface area contributed by atoms with Gasteiger partial charge in [0.1, 0.15) is 0 Å². The van der Waals surface area contributed by atoms with E-state index in [0.29, 0.717) is 6.04 Å². The lowest BCUT2D eigenvalue weighted by Crippen LogP contribution is -2.68. The van der Waals surface area contributed by atoms with Crippen molar-refractivity contribution in [3.05, 3.63) is 75.2 Å². The number of aromatic nitrogens is 2. The number of thiophene rings is 2. The van der Waals surface area contributed by atoms with Gasteiger partial charge < -0.3 is 4.90 Å². The SMILES string of the molecule is c1csc(C2(c3cccs3)C3CCN(c4nncc5ccccc45)C2C3)c1. The molecule has 1 aliphatic carbocycles. The molecule has 1 saturated carbocycles. The predicted octanol–water partition coefficient (Wildman–Crippen LogP) is 5.34. The molecule has 0 N–H and O–H groups in total. The Morgan fingerprint density at radius 2 is 1.74 bits per heavy atom. The Morgan fingerprint density at radius 3 is 2.44 bits per heavy atom. The number of benzene rings is 1. The summed E-state index contributed by atoms with van der Waals surface area (Å²) in [6.45, 7) is 1.07. The smallest absolute Gasteiger partial charge is 0.159 e. The molecule has 0 spiro atoms. The van der Waals surface area contributed by atoms with Crippen molar-refractivity contribution in [3.63, 3.8) is 0 Å². The van der Waals surface area contributed by atoms with Gasteiger partial charge in [0.25, 0.3) is 0 Å². The fourth-order valence-electron chi connectivity index (χ4n) is 5.28. The van der Waals surface area contributed by atoms with Crippen molar-refractivity contribution in [2.45, 2.75) is 24.3 Å². The van der Waals surface area contributed by atoms with E-state index in [2.05, 4.69) is 74.4 Å². The van der Waals surface area contributed by atoms with Crippen molar-refractivity contribution >= 4 is 39.3 Å². The molecule has 3 aromatic heterocycles. The third kappa shape index (κ3) is 2.07. The Bertz CT molecular complexity index is 1050. The van der Waals surface area contributed by atoms with Gasteiger partial charge in [0.05, 0.1) is 11.6 Å². The first-order valence-corrected chi connectivity index (χ1v) is 11.2. The van der Waals surface area contributed by atoms with Crippen LogP contribution in [-0.2, 0) is 5.41 Å². The van der Waals surface area contributed by atoms with Gasteiger partial charge in [0, 0.05) is 33.1 Å². The van der Waals surface area contributed by atoms with Crippen LogP contribution in [0, 0.1) is 5.92 Å². The van der Waals surface area contributed by atoms with Crippen molar-refractivity contribution in [2.24, 2.45) is 5.92 Å². The number of piperidine rings is 2. The van der Waals surface area contributed by atoms with Crippen LogP contribution >= 0.6 is 22.7 Å². The molecule has 4 heterocycles. The van der Waals surface area contributed by atoms with E-state index in [4.69, 9.17) is 0 Å². The molecular formula is C22H19N3S2. The lowest BCUT2D eigenvalue weighted by atomic mass is 9.51. The molecule has 1 saturated heterocycles. The summed E-state index contributed by atoms with van der Waals surface area (Å²) >= 11 is 3.81. The third-order valence-corrected chi connectivity index (χ3v) is 8.49. The predicted molar refractivity (Wildman–Crippen MR) is 113 cm³/mol. The van der Waals surface area contributed by atoms with E-state index < -0.39 is 0 Å². The van der Waals surface area contributed by atoms with Gasteiger partial charge in [-0.25, -0.2) is 0 Å². The summed E-state index contributed by atoms with van der Waals surface area (Å²) < 4.78 is 0. The lowest BCUT2D eigenvalue weighted by molar-refractivity contribution is 0.0790. The average molecular weight is 390 g/mol. The van der Waals surface area contributed by atoms with Crippen molar-refractivity contribution in [2.75, 3.05) is 11.4 Å². The zero-order valence-electron chi connectivity index (χ0n) is 14.8. The Hall–Kier alpha value is -2.24. The van der Waals surface area contributed by atoms with Crippen molar-refractivity contribution < 1.29 is 0 Å². The van der Waals surface area contributed by atoms with Gasteiger partial charge >= 0.3 is 0 Å². The van der Waals surface area contributed by atoms with Crippen LogP contribution in [0.4, 0.5) is 5.82 Å². The number of hydrogen-bond acceptors (Lipinski definition) is 5. The fraction of sp³-hybridized carbons (Fsp3) is 0.273.